The van der Waals surface area contributed by atoms with Gasteiger partial charge in [-0.15, -0.1) is 0 Å². The van der Waals surface area contributed by atoms with Crippen LogP contribution in [-0.2, 0) is 4.74 Å². The molecule has 8 aromatic rings. The Bertz CT molecular complexity index is 3370. The lowest BCUT2D eigenvalue weighted by Crippen LogP contribution is -2.18. The first-order valence-corrected chi connectivity index (χ1v) is 20.6. The van der Waals surface area contributed by atoms with Crippen LogP contribution in [0.15, 0.2) is 102 Å². The van der Waals surface area contributed by atoms with Gasteiger partial charge in [0, 0.05) is 43.7 Å². The Morgan fingerprint density at radius 3 is 1.59 bits per heavy atom. The molecule has 10 rings (SSSR count). The van der Waals surface area contributed by atoms with Crippen molar-refractivity contribution in [3.63, 3.8) is 0 Å². The van der Waals surface area contributed by atoms with E-state index in [-0.39, 0.29) is 57.0 Å². The number of nitrogens with one attached hydrogen (secondary N) is 2. The van der Waals surface area contributed by atoms with Gasteiger partial charge in [-0.3, -0.25) is 24.0 Å². The molecule has 2 aliphatic rings. The Labute approximate surface area is 366 Å². The summed E-state index contributed by atoms with van der Waals surface area (Å²) >= 11 is 0. The molecule has 0 bridgehead atoms. The molecular formula is C50H43N7O7. The molecule has 0 saturated heterocycles. The van der Waals surface area contributed by atoms with Crippen molar-refractivity contribution < 1.29 is 33.5 Å². The highest BCUT2D eigenvalue weighted by Gasteiger charge is 2.29. The second-order valence-corrected chi connectivity index (χ2v) is 14.4. The van der Waals surface area contributed by atoms with Crippen LogP contribution in [-0.4, -0.2) is 72.0 Å². The number of aromatic nitrogens is 6. The maximum absolute atomic E-state index is 12.6. The first kappa shape index (κ1) is 43.8. The lowest BCUT2D eigenvalue weighted by molar-refractivity contribution is 0.0593. The number of hydrogen-bond donors (Lipinski definition) is 3. The van der Waals surface area contributed by atoms with Crippen molar-refractivity contribution in [2.75, 3.05) is 7.11 Å². The summed E-state index contributed by atoms with van der Waals surface area (Å²) in [5.74, 6) is -2.35. The van der Waals surface area contributed by atoms with Crippen molar-refractivity contribution in [3.8, 4) is 22.8 Å². The Hall–Kier alpha value is -8.26. The summed E-state index contributed by atoms with van der Waals surface area (Å²) < 4.78 is 4.94. The summed E-state index contributed by atoms with van der Waals surface area (Å²) in [4.78, 5) is 98.6. The van der Waals surface area contributed by atoms with Crippen LogP contribution in [0.3, 0.4) is 0 Å². The van der Waals surface area contributed by atoms with Crippen LogP contribution in [0.1, 0.15) is 110 Å². The molecular weight excluding hydrogens is 811 g/mol. The number of rotatable bonds is 4. The molecule has 14 nitrogen and oxygen atoms in total. The highest BCUT2D eigenvalue weighted by atomic mass is 16.5. The highest BCUT2D eigenvalue weighted by Crippen LogP contribution is 2.37. The summed E-state index contributed by atoms with van der Waals surface area (Å²) in [7, 11) is 1.30. The highest BCUT2D eigenvalue weighted by molar-refractivity contribution is 6.25. The molecule has 0 fully saturated rings. The third-order valence-corrected chi connectivity index (χ3v) is 10.7. The number of para-hydroxylation sites is 2. The number of benzene rings is 2. The fourth-order valence-electron chi connectivity index (χ4n) is 7.70. The average molecular weight is 854 g/mol. The Balaban J connectivity index is 0.000000178. The molecule has 6 heterocycles. The van der Waals surface area contributed by atoms with Gasteiger partial charge in [0.25, 0.3) is 5.91 Å². The lowest BCUT2D eigenvalue weighted by atomic mass is 9.94. The number of ether oxygens (including phenoxy) is 1. The average Bonchev–Trinajstić information content (AvgIpc) is 3.90. The number of nitrogens with zero attached hydrogens (tertiary/aromatic N) is 4. The fourth-order valence-corrected chi connectivity index (χ4v) is 7.70. The van der Waals surface area contributed by atoms with Crippen LogP contribution in [0.5, 0.6) is 0 Å². The van der Waals surface area contributed by atoms with Crippen LogP contribution in [0.25, 0.3) is 66.4 Å². The maximum Gasteiger partial charge on any atom is 0.356 e. The number of carbonyl (C=O) groups excluding carboxylic acids is 6. The van der Waals surface area contributed by atoms with Gasteiger partial charge in [0.15, 0.2) is 17.3 Å². The molecule has 2 aliphatic carbocycles. The van der Waals surface area contributed by atoms with E-state index in [9.17, 15) is 28.8 Å². The number of carbonyl (C=O) groups is 6. The van der Waals surface area contributed by atoms with Gasteiger partial charge in [-0.1, -0.05) is 64.1 Å². The van der Waals surface area contributed by atoms with Gasteiger partial charge in [-0.2, -0.15) is 0 Å². The zero-order valence-corrected chi connectivity index (χ0v) is 36.4. The smallest absolute Gasteiger partial charge is 0.356 e. The molecule has 0 spiro atoms. The minimum absolute atomic E-state index is 0.0861. The van der Waals surface area contributed by atoms with Gasteiger partial charge in [0.1, 0.15) is 28.5 Å². The zero-order chi connectivity index (χ0) is 46.1. The topological polar surface area (TPSA) is 221 Å². The first-order valence-electron chi connectivity index (χ1n) is 20.6. The number of H-pyrrole nitrogens is 2. The predicted octanol–water partition coefficient (Wildman–Crippen LogP) is 9.45. The molecule has 0 unspecified atom stereocenters. The number of fused-ring (bicyclic) bond motifs is 8. The molecule has 64 heavy (non-hydrogen) atoms. The van der Waals surface area contributed by atoms with Crippen molar-refractivity contribution >= 4 is 78.6 Å². The van der Waals surface area contributed by atoms with E-state index in [1.165, 1.54) is 19.3 Å². The van der Waals surface area contributed by atoms with Gasteiger partial charge in [0.2, 0.25) is 11.6 Å². The summed E-state index contributed by atoms with van der Waals surface area (Å²) in [5.41, 5.74) is 12.5. The third kappa shape index (κ3) is 7.44. The minimum atomic E-state index is -0.665. The van der Waals surface area contributed by atoms with E-state index in [4.69, 9.17) is 10.5 Å². The molecule has 14 heteroatoms. The van der Waals surface area contributed by atoms with Crippen molar-refractivity contribution in [3.05, 3.63) is 142 Å². The number of aromatic amines is 2. The van der Waals surface area contributed by atoms with Crippen molar-refractivity contribution in [1.82, 2.24) is 29.9 Å². The van der Waals surface area contributed by atoms with Gasteiger partial charge >= 0.3 is 5.97 Å². The number of methoxy groups -OCH3 is 1. The zero-order valence-electron chi connectivity index (χ0n) is 36.4. The van der Waals surface area contributed by atoms with Gasteiger partial charge in [-0.25, -0.2) is 24.7 Å². The second-order valence-electron chi connectivity index (χ2n) is 14.4. The molecule has 2 aromatic carbocycles. The molecule has 6 aromatic heterocycles. The molecule has 0 atom stereocenters. The van der Waals surface area contributed by atoms with E-state index in [1.807, 2.05) is 83.1 Å². The fraction of sp³-hybridized carbons (Fsp3) is 0.160. The monoisotopic (exact) mass is 853 g/mol. The number of esters is 1. The molecule has 0 saturated carbocycles. The summed E-state index contributed by atoms with van der Waals surface area (Å²) in [6.07, 6.45) is 2.63. The standard InChI is InChI=1S/C24H17N3O4.C22H14N4O3.2C2H6/c1-11-10-17(28)14-8-9-16(26-20(14)23(11)29)21-22-18(12(2)19(27-21)24(30)31-3)13-6-4-5-7-15(13)25-22;1-10-8-17(27)12-6-7-15(25-19(12)21(10)28)20-18-13(9-16(26-20)22(23)29)11-4-2-3-5-14(11)24-18;2*1-2/h4-10,25H,1-3H3;2-9,24H,1H3,(H2,23,29);2*1-2H3. The third-order valence-electron chi connectivity index (χ3n) is 10.7. The number of ketones is 4. The van der Waals surface area contributed by atoms with E-state index in [2.05, 4.69) is 29.9 Å². The first-order chi connectivity index (χ1) is 30.8. The molecule has 1 amide bonds. The summed E-state index contributed by atoms with van der Waals surface area (Å²) in [6, 6.07) is 23.4. The Morgan fingerprint density at radius 2 is 1.06 bits per heavy atom. The van der Waals surface area contributed by atoms with E-state index >= 15 is 0 Å². The minimum Gasteiger partial charge on any atom is -0.464 e. The number of Topliss-reactive ketones (excluding diaryl/α,β-unsaturated/α-hetero) is 2. The van der Waals surface area contributed by atoms with E-state index in [1.54, 1.807) is 44.2 Å². The van der Waals surface area contributed by atoms with E-state index < -0.39 is 11.9 Å². The lowest BCUT2D eigenvalue weighted by Gasteiger charge is -2.14. The Kier molecular flexibility index (Phi) is 12.1. The SMILES string of the molecule is CC.CC.CC1=CC(=O)c2ccc(-c3nc(C(N)=O)cc4c3[nH]c3ccccc34)nc2C1=O.COC(=O)c1nc(-c2ccc3c(n2)C(=O)C(C)=CC3=O)c2[nH]c3ccccc3c2c1C. The molecule has 0 radical (unpaired) electrons. The maximum atomic E-state index is 12.6. The number of allylic oxidation sites excluding steroid dienone is 4. The number of nitrogens with two attached hydrogens (primary N) is 1. The van der Waals surface area contributed by atoms with Crippen molar-refractivity contribution in [2.45, 2.75) is 48.5 Å². The molecule has 4 N–H and O–H groups in total. The van der Waals surface area contributed by atoms with Crippen LogP contribution >= 0.6 is 0 Å². The molecule has 320 valence electrons. The normalized spacial score (nSPS) is 12.9. The van der Waals surface area contributed by atoms with Crippen molar-refractivity contribution in [1.29, 1.82) is 0 Å². The van der Waals surface area contributed by atoms with Crippen LogP contribution in [0.4, 0.5) is 0 Å². The van der Waals surface area contributed by atoms with E-state index in [0.717, 1.165) is 32.6 Å². The predicted molar refractivity (Wildman–Crippen MR) is 246 cm³/mol. The number of hydrogen-bond acceptors (Lipinski definition) is 11. The molecule has 0 aliphatic heterocycles. The van der Waals surface area contributed by atoms with Crippen LogP contribution in [0, 0.1) is 6.92 Å². The van der Waals surface area contributed by atoms with Crippen LogP contribution < -0.4 is 5.73 Å². The van der Waals surface area contributed by atoms with Gasteiger partial charge in [-0.05, 0) is 81.0 Å². The number of amides is 1. The number of pyridine rings is 4. The quantitative estimate of drug-likeness (QED) is 0.142. The summed E-state index contributed by atoms with van der Waals surface area (Å²) in [5, 5.41) is 3.46. The second kappa shape index (κ2) is 17.6. The van der Waals surface area contributed by atoms with Crippen LogP contribution in [0.2, 0.25) is 0 Å². The Morgan fingerprint density at radius 1 is 0.578 bits per heavy atom. The summed E-state index contributed by atoms with van der Waals surface area (Å²) in [6.45, 7) is 13.0. The van der Waals surface area contributed by atoms with Gasteiger partial charge < -0.3 is 20.4 Å². The van der Waals surface area contributed by atoms with Gasteiger partial charge in [0.05, 0.1) is 40.7 Å². The number of primary amides is 1. The number of aryl methyl sites for hydroxylation is 1. The largest absolute Gasteiger partial charge is 0.464 e. The van der Waals surface area contributed by atoms with E-state index in [0.29, 0.717) is 50.5 Å². The van der Waals surface area contributed by atoms with Crippen molar-refractivity contribution in [2.24, 2.45) is 5.73 Å².